The molecule has 4 rings (SSSR count). The highest BCUT2D eigenvalue weighted by Crippen LogP contribution is 2.38. The third kappa shape index (κ3) is 3.74. The van der Waals surface area contributed by atoms with Gasteiger partial charge in [-0.05, 0) is 41.7 Å². The maximum absolute atomic E-state index is 11.0. The molecule has 3 aromatic rings. The monoisotopic (exact) mass is 396 g/mol. The fourth-order valence-corrected chi connectivity index (χ4v) is 3.84. The van der Waals surface area contributed by atoms with Crippen molar-refractivity contribution in [3.63, 3.8) is 0 Å². The van der Waals surface area contributed by atoms with Crippen LogP contribution < -0.4 is 10.2 Å². The van der Waals surface area contributed by atoms with E-state index < -0.39 is 11.1 Å². The smallest absolute Gasteiger partial charge is 0.212 e. The first-order valence-corrected chi connectivity index (χ1v) is 10.2. The largest absolute Gasteiger partial charge is 0.368 e. The Hall–Kier alpha value is -2.84. The van der Waals surface area contributed by atoms with Gasteiger partial charge in [0.2, 0.25) is 6.41 Å². The van der Waals surface area contributed by atoms with E-state index in [9.17, 15) is 9.00 Å². The van der Waals surface area contributed by atoms with Crippen LogP contribution in [0.1, 0.15) is 18.4 Å². The van der Waals surface area contributed by atoms with Crippen molar-refractivity contribution in [3.05, 3.63) is 48.0 Å². The summed E-state index contributed by atoms with van der Waals surface area (Å²) < 4.78 is 20.0. The van der Waals surface area contributed by atoms with Gasteiger partial charge in [-0.2, -0.15) is 0 Å². The molecule has 1 unspecified atom stereocenters. The van der Waals surface area contributed by atoms with Gasteiger partial charge in [0, 0.05) is 18.5 Å². The van der Waals surface area contributed by atoms with E-state index in [1.165, 1.54) is 0 Å². The first kappa shape index (κ1) is 18.5. The number of hydrogen-bond acceptors (Lipinski definition) is 5. The van der Waals surface area contributed by atoms with Crippen LogP contribution in [-0.4, -0.2) is 38.5 Å². The molecule has 1 amide bonds. The Morgan fingerprint density at radius 2 is 1.89 bits per heavy atom. The average Bonchev–Trinajstić information content (AvgIpc) is 3.53. The van der Waals surface area contributed by atoms with Crippen molar-refractivity contribution in [1.82, 2.24) is 10.2 Å². The zero-order chi connectivity index (χ0) is 19.7. The Bertz CT molecular complexity index is 1050. The quantitative estimate of drug-likeness (QED) is 0.470. The summed E-state index contributed by atoms with van der Waals surface area (Å²) in [6.07, 6.45) is 2.88. The van der Waals surface area contributed by atoms with E-state index >= 15 is 0 Å². The number of benzene rings is 2. The van der Waals surface area contributed by atoms with Crippen molar-refractivity contribution in [2.45, 2.75) is 24.6 Å². The summed E-state index contributed by atoms with van der Waals surface area (Å²) in [5, 5.41) is 12.1. The summed E-state index contributed by atoms with van der Waals surface area (Å²) in [5.41, 5.74) is 4.41. The average molecular weight is 396 g/mol. The van der Waals surface area contributed by atoms with Crippen molar-refractivity contribution in [2.75, 3.05) is 17.3 Å². The molecule has 28 heavy (non-hydrogen) atoms. The van der Waals surface area contributed by atoms with E-state index in [0.717, 1.165) is 46.1 Å². The Morgan fingerprint density at radius 3 is 2.54 bits per heavy atom. The standard InChI is InChI=1S/C20H20N4O3S/c1-24(16-7-8-16)19-17-9-6-15(10-18(17)22-23-20(19)21-12-25)14-4-2-13(3-5-14)11-28(26)27/h2-6,9-10,12,16H,7-8,11H2,1H3,(H,26,27)(H,21,23,25). The van der Waals surface area contributed by atoms with E-state index in [2.05, 4.69) is 20.4 Å². The van der Waals surface area contributed by atoms with E-state index in [-0.39, 0.29) is 5.75 Å². The lowest BCUT2D eigenvalue weighted by atomic mass is 10.0. The van der Waals surface area contributed by atoms with Gasteiger partial charge in [-0.1, -0.05) is 30.3 Å². The molecule has 7 nitrogen and oxygen atoms in total. The van der Waals surface area contributed by atoms with Crippen molar-refractivity contribution < 1.29 is 13.6 Å². The topological polar surface area (TPSA) is 95.4 Å². The number of anilines is 2. The first-order valence-electron chi connectivity index (χ1n) is 8.97. The molecule has 1 heterocycles. The molecule has 0 radical (unpaired) electrons. The summed E-state index contributed by atoms with van der Waals surface area (Å²) in [6.45, 7) is 0. The highest BCUT2D eigenvalue weighted by molar-refractivity contribution is 7.78. The molecule has 1 saturated carbocycles. The molecule has 1 aliphatic carbocycles. The molecule has 0 bridgehead atoms. The number of carbonyl (C=O) groups excluding carboxylic acids is 1. The number of amides is 1. The highest BCUT2D eigenvalue weighted by Gasteiger charge is 2.29. The Kier molecular flexibility index (Phi) is 5.06. The second kappa shape index (κ2) is 7.65. The third-order valence-corrected chi connectivity index (χ3v) is 5.54. The molecule has 1 fully saturated rings. The van der Waals surface area contributed by atoms with Crippen LogP contribution in [0.25, 0.3) is 22.0 Å². The van der Waals surface area contributed by atoms with Crippen LogP contribution in [0.5, 0.6) is 0 Å². The molecular weight excluding hydrogens is 376 g/mol. The number of carbonyl (C=O) groups is 1. The van der Waals surface area contributed by atoms with Gasteiger partial charge in [0.25, 0.3) is 0 Å². The van der Waals surface area contributed by atoms with Crippen LogP contribution in [0.2, 0.25) is 0 Å². The maximum atomic E-state index is 11.0. The van der Waals surface area contributed by atoms with Gasteiger partial charge < -0.3 is 14.8 Å². The fourth-order valence-electron chi connectivity index (χ4n) is 3.36. The van der Waals surface area contributed by atoms with Crippen LogP contribution in [0.3, 0.4) is 0 Å². The number of nitrogens with one attached hydrogen (secondary N) is 1. The molecule has 0 saturated heterocycles. The fraction of sp³-hybridized carbons (Fsp3) is 0.250. The lowest BCUT2D eigenvalue weighted by Crippen LogP contribution is -2.22. The normalized spacial score (nSPS) is 14.6. The molecule has 2 N–H and O–H groups in total. The number of hydrogen-bond donors (Lipinski definition) is 2. The minimum Gasteiger partial charge on any atom is -0.368 e. The zero-order valence-corrected chi connectivity index (χ0v) is 16.1. The van der Waals surface area contributed by atoms with Crippen LogP contribution in [0.15, 0.2) is 42.5 Å². The van der Waals surface area contributed by atoms with Gasteiger partial charge in [0.05, 0.1) is 17.0 Å². The Morgan fingerprint density at radius 1 is 1.18 bits per heavy atom. The first-order chi connectivity index (χ1) is 13.6. The summed E-state index contributed by atoms with van der Waals surface area (Å²) in [7, 11) is 2.02. The minimum absolute atomic E-state index is 0.118. The molecule has 2 aromatic carbocycles. The van der Waals surface area contributed by atoms with E-state index in [4.69, 9.17) is 4.55 Å². The number of fused-ring (bicyclic) bond motifs is 1. The second-order valence-corrected chi connectivity index (χ2v) is 7.83. The van der Waals surface area contributed by atoms with Gasteiger partial charge in [-0.3, -0.25) is 4.79 Å². The van der Waals surface area contributed by atoms with Crippen LogP contribution >= 0.6 is 0 Å². The summed E-state index contributed by atoms with van der Waals surface area (Å²) in [6, 6.07) is 14.0. The van der Waals surface area contributed by atoms with Crippen LogP contribution in [-0.2, 0) is 21.6 Å². The lowest BCUT2D eigenvalue weighted by Gasteiger charge is -2.22. The van der Waals surface area contributed by atoms with Crippen LogP contribution in [0.4, 0.5) is 11.5 Å². The summed E-state index contributed by atoms with van der Waals surface area (Å²) in [5.74, 6) is 0.582. The van der Waals surface area contributed by atoms with Crippen molar-refractivity contribution in [3.8, 4) is 11.1 Å². The molecule has 1 atom stereocenters. The van der Waals surface area contributed by atoms with E-state index in [1.807, 2.05) is 49.5 Å². The van der Waals surface area contributed by atoms with Gasteiger partial charge in [-0.25, -0.2) is 4.21 Å². The molecule has 144 valence electrons. The van der Waals surface area contributed by atoms with Gasteiger partial charge in [0.1, 0.15) is 0 Å². The zero-order valence-electron chi connectivity index (χ0n) is 15.3. The summed E-state index contributed by atoms with van der Waals surface area (Å²) in [4.78, 5) is 13.1. The minimum atomic E-state index is -1.85. The van der Waals surface area contributed by atoms with Crippen molar-refractivity contribution in [2.24, 2.45) is 0 Å². The van der Waals surface area contributed by atoms with Gasteiger partial charge >= 0.3 is 0 Å². The second-order valence-electron chi connectivity index (χ2n) is 6.90. The number of rotatable bonds is 7. The highest BCUT2D eigenvalue weighted by atomic mass is 32.2. The molecule has 1 aromatic heterocycles. The van der Waals surface area contributed by atoms with Crippen LogP contribution in [0, 0.1) is 0 Å². The van der Waals surface area contributed by atoms with Gasteiger partial charge in [0.15, 0.2) is 16.9 Å². The van der Waals surface area contributed by atoms with Crippen molar-refractivity contribution >= 4 is 39.9 Å². The third-order valence-electron chi connectivity index (χ3n) is 4.96. The predicted octanol–water partition coefficient (Wildman–Crippen LogP) is 3.19. The number of aromatic nitrogens is 2. The van der Waals surface area contributed by atoms with E-state index in [1.54, 1.807) is 0 Å². The predicted molar refractivity (Wildman–Crippen MR) is 111 cm³/mol. The maximum Gasteiger partial charge on any atom is 0.212 e. The molecule has 0 spiro atoms. The molecular formula is C20H20N4O3S. The Labute approximate surface area is 165 Å². The SMILES string of the molecule is CN(c1c(NC=O)nnc2cc(-c3ccc(CS(=O)O)cc3)ccc12)C1CC1. The van der Waals surface area contributed by atoms with Crippen molar-refractivity contribution in [1.29, 1.82) is 0 Å². The van der Waals surface area contributed by atoms with Gasteiger partial charge in [-0.15, -0.1) is 10.2 Å². The molecule has 0 aliphatic heterocycles. The number of nitrogens with zero attached hydrogens (tertiary/aromatic N) is 3. The van der Waals surface area contributed by atoms with E-state index in [0.29, 0.717) is 18.3 Å². The Balaban J connectivity index is 1.74. The molecule has 1 aliphatic rings. The molecule has 8 heteroatoms. The lowest BCUT2D eigenvalue weighted by molar-refractivity contribution is -0.105. The summed E-state index contributed by atoms with van der Waals surface area (Å²) >= 11 is -1.85.